The van der Waals surface area contributed by atoms with Crippen molar-refractivity contribution in [2.24, 2.45) is 5.92 Å². The van der Waals surface area contributed by atoms with Crippen molar-refractivity contribution in [1.82, 2.24) is 56.8 Å². The molecule has 0 spiro atoms. The van der Waals surface area contributed by atoms with Crippen LogP contribution < -0.4 is 41.5 Å². The third kappa shape index (κ3) is 17.8. The maximum absolute atomic E-state index is 15.0. The first-order valence-electron chi connectivity index (χ1n) is 32.6. The second-order valence-corrected chi connectivity index (χ2v) is 26.5. The van der Waals surface area contributed by atoms with E-state index in [4.69, 9.17) is 4.74 Å². The molecule has 95 heavy (non-hydrogen) atoms. The number of aromatic hydroxyl groups is 1. The molecule has 7 amide bonds. The van der Waals surface area contributed by atoms with Gasteiger partial charge in [-0.15, -0.1) is 10.2 Å². The van der Waals surface area contributed by atoms with E-state index in [-0.39, 0.29) is 42.1 Å². The molecule has 0 bridgehead atoms. The van der Waals surface area contributed by atoms with Crippen molar-refractivity contribution in [2.45, 2.75) is 163 Å². The summed E-state index contributed by atoms with van der Waals surface area (Å²) in [6.07, 6.45) is -4.32. The van der Waals surface area contributed by atoms with Crippen molar-refractivity contribution < 1.29 is 84.3 Å². The summed E-state index contributed by atoms with van der Waals surface area (Å²) in [5.74, 6) is -8.80. The topological polar surface area (TPSA) is 422 Å². The minimum Gasteiger partial charge on any atom is -0.504 e. The number of β-amino-alcohol motifs (C(OH)–C–C–N with tert-alkyl or cyclic N) is 1. The van der Waals surface area contributed by atoms with Crippen LogP contribution in [0.3, 0.4) is 0 Å². The summed E-state index contributed by atoms with van der Waals surface area (Å²) in [4.78, 5) is 109. The van der Waals surface area contributed by atoms with Crippen molar-refractivity contribution in [1.29, 1.82) is 0 Å². The molecule has 518 valence electrons. The standard InChI is InChI=1S/C65H90N12O17S/c1-35-31-77-55(56(35)86)61(91)67-30-44(81)28-46(68-57(87)38-11-13-39(14-12-38)62-72-73-63(95-62)40-15-17-43(18-16-40)75-24-22-74(23-25-75)42-8-6-4-5-7-9-42)58(88)69-52(36(2)80)64(92)76-32-45(82)29-47(76)59(89)70-53(50(85)26-37-10-19-48(83)51(27-37)94-3)60(90)71-54(65(77)93)49(84)20-21-66-41(33-78)34-79/h10-19,27,35-36,41-42,44-47,49-50,52-56,66,78-86H,4-9,20-26,28-34H2,1-3H3,(H,67,91)(H,68,87)(H,69,88)(H,70,89)(H,71,90)/t35-,36+,44+,45+,46-,47-,49+,50+,52-,53-,54-,55-,56-/m0/s1. The molecule has 13 atom stereocenters. The quantitative estimate of drug-likeness (QED) is 0.0466. The molecule has 3 aromatic carbocycles. The minimum atomic E-state index is -2.07. The number of phenols is 1. The highest BCUT2D eigenvalue weighted by molar-refractivity contribution is 7.17. The Morgan fingerprint density at radius 3 is 1.97 bits per heavy atom. The Balaban J connectivity index is 0.961. The number of rotatable bonds is 18. The first-order chi connectivity index (χ1) is 45.5. The van der Waals surface area contributed by atoms with Crippen molar-refractivity contribution in [3.63, 3.8) is 0 Å². The predicted molar refractivity (Wildman–Crippen MR) is 346 cm³/mol. The van der Waals surface area contributed by atoms with Crippen LogP contribution in [0.1, 0.15) is 87.6 Å². The van der Waals surface area contributed by atoms with Crippen LogP contribution >= 0.6 is 11.3 Å². The summed E-state index contributed by atoms with van der Waals surface area (Å²) in [6.45, 7) is 3.90. The van der Waals surface area contributed by atoms with Gasteiger partial charge in [-0.2, -0.15) is 0 Å². The lowest BCUT2D eigenvalue weighted by atomic mass is 9.98. The number of fused-ring (bicyclic) bond motifs is 2. The maximum Gasteiger partial charge on any atom is 0.251 e. The molecule has 1 aromatic heterocycles. The number of methoxy groups -OCH3 is 1. The number of aliphatic hydroxyl groups excluding tert-OH is 8. The first kappa shape index (κ1) is 71.8. The van der Waals surface area contributed by atoms with Gasteiger partial charge in [0.05, 0.1) is 63.0 Å². The number of aliphatic hydroxyl groups is 8. The number of aromatic nitrogens is 2. The van der Waals surface area contributed by atoms with E-state index in [0.29, 0.717) is 21.6 Å². The Morgan fingerprint density at radius 2 is 1.34 bits per heavy atom. The number of hydrogen-bond acceptors (Lipinski definition) is 23. The third-order valence-corrected chi connectivity index (χ3v) is 19.7. The monoisotopic (exact) mass is 1340 g/mol. The summed E-state index contributed by atoms with van der Waals surface area (Å²) < 4.78 is 5.22. The van der Waals surface area contributed by atoms with Crippen molar-refractivity contribution in [3.8, 4) is 32.6 Å². The van der Waals surface area contributed by atoms with Crippen LogP contribution in [0.25, 0.3) is 21.1 Å². The zero-order valence-electron chi connectivity index (χ0n) is 53.5. The van der Waals surface area contributed by atoms with Crippen LogP contribution in [0.4, 0.5) is 5.69 Å². The molecular formula is C65H90N12O17S. The number of ether oxygens (including phenoxy) is 1. The van der Waals surface area contributed by atoms with Gasteiger partial charge in [-0.05, 0) is 86.8 Å². The van der Waals surface area contributed by atoms with E-state index in [1.165, 1.54) is 94.2 Å². The highest BCUT2D eigenvalue weighted by Crippen LogP contribution is 2.34. The number of carbonyl (C=O) groups excluding carboxylic acids is 7. The van der Waals surface area contributed by atoms with Crippen molar-refractivity contribution >= 4 is 58.4 Å². The number of amides is 7. The van der Waals surface area contributed by atoms with E-state index >= 15 is 0 Å². The molecule has 5 fully saturated rings. The van der Waals surface area contributed by atoms with E-state index in [1.807, 2.05) is 12.1 Å². The van der Waals surface area contributed by atoms with E-state index in [9.17, 15) is 79.5 Å². The van der Waals surface area contributed by atoms with Crippen LogP contribution in [0.2, 0.25) is 0 Å². The number of nitrogens with zero attached hydrogens (tertiary/aromatic N) is 6. The van der Waals surface area contributed by atoms with Crippen LogP contribution in [0, 0.1) is 5.92 Å². The third-order valence-electron chi connectivity index (χ3n) is 18.7. The molecule has 0 radical (unpaired) electrons. The van der Waals surface area contributed by atoms with Gasteiger partial charge in [0.2, 0.25) is 35.4 Å². The van der Waals surface area contributed by atoms with E-state index in [2.05, 4.69) is 64.0 Å². The Morgan fingerprint density at radius 1 is 0.716 bits per heavy atom. The molecule has 1 aliphatic carbocycles. The smallest absolute Gasteiger partial charge is 0.251 e. The molecule has 9 rings (SSSR count). The van der Waals surface area contributed by atoms with Crippen molar-refractivity contribution in [2.75, 3.05) is 77.6 Å². The van der Waals surface area contributed by atoms with Crippen LogP contribution in [-0.2, 0) is 35.2 Å². The average molecular weight is 1340 g/mol. The summed E-state index contributed by atoms with van der Waals surface area (Å²) in [5.41, 5.74) is 2.94. The van der Waals surface area contributed by atoms with Gasteiger partial charge < -0.3 is 97.3 Å². The largest absolute Gasteiger partial charge is 0.504 e. The van der Waals surface area contributed by atoms with Gasteiger partial charge in [0.25, 0.3) is 5.91 Å². The molecule has 5 heterocycles. The Kier molecular flexibility index (Phi) is 24.9. The second kappa shape index (κ2) is 33.0. The second-order valence-electron chi connectivity index (χ2n) is 25.5. The Hall–Kier alpha value is -7.49. The van der Waals surface area contributed by atoms with E-state index in [1.54, 1.807) is 12.1 Å². The zero-order valence-corrected chi connectivity index (χ0v) is 54.4. The summed E-state index contributed by atoms with van der Waals surface area (Å²) in [5, 5.41) is 124. The fraction of sp³-hybridized carbons (Fsp3) is 0.585. The van der Waals surface area contributed by atoms with Gasteiger partial charge in [0, 0.05) is 99.4 Å². The normalized spacial score (nSPS) is 26.9. The lowest BCUT2D eigenvalue weighted by molar-refractivity contribution is -0.147. The molecule has 4 saturated heterocycles. The van der Waals surface area contributed by atoms with Crippen LogP contribution in [-0.4, -0.2) is 270 Å². The molecule has 4 aromatic rings. The van der Waals surface area contributed by atoms with Gasteiger partial charge in [0.1, 0.15) is 46.3 Å². The number of carbonyl (C=O) groups is 7. The lowest BCUT2D eigenvalue weighted by Crippen LogP contribution is -2.64. The SMILES string of the molecule is COc1cc(C[C@@H](O)[C@@H]2NC(=O)[C@@H]3C[C@@H](O)CN3C(=O)[C@H]([C@@H](C)O)NC(=O)[C@@H](NC(=O)c3ccc(-c4nnc(-c5ccc(N6CCN(C7CCCCCC7)CC6)cc5)s4)cc3)C[C@@H](O)CNC(=O)[C@@H]3[C@@H](O)[C@@H](C)CN3C(=O)[C@H]([C@H](O)CCNC(CO)CO)NC2=O)ccc1O. The highest BCUT2D eigenvalue weighted by Gasteiger charge is 2.50. The number of nitrogens with one attached hydrogen (secondary N) is 6. The van der Waals surface area contributed by atoms with Gasteiger partial charge in [0.15, 0.2) is 11.5 Å². The first-order valence-corrected chi connectivity index (χ1v) is 33.4. The molecule has 1 saturated carbocycles. The fourth-order valence-electron chi connectivity index (χ4n) is 13.2. The number of benzene rings is 3. The van der Waals surface area contributed by atoms with Gasteiger partial charge in [-0.1, -0.05) is 62.1 Å². The number of piperazine rings is 1. The number of hydrogen-bond donors (Lipinski definition) is 15. The number of phenolic OH excluding ortho intramolecular Hbond substituents is 1. The molecule has 4 aliphatic heterocycles. The summed E-state index contributed by atoms with van der Waals surface area (Å²) in [6, 6.07) is 7.12. The van der Waals surface area contributed by atoms with E-state index < -0.39 is 172 Å². The van der Waals surface area contributed by atoms with Gasteiger partial charge in [-0.25, -0.2) is 0 Å². The molecular weight excluding hydrogens is 1250 g/mol. The minimum absolute atomic E-state index is 0.0228. The molecule has 0 unspecified atom stereocenters. The zero-order chi connectivity index (χ0) is 68.2. The van der Waals surface area contributed by atoms with Gasteiger partial charge in [-0.3, -0.25) is 38.5 Å². The average Bonchev–Trinajstić information content (AvgIpc) is 1.68. The molecule has 15 N–H and O–H groups in total. The van der Waals surface area contributed by atoms with E-state index in [0.717, 1.165) is 54.2 Å². The number of anilines is 1. The van der Waals surface area contributed by atoms with Crippen LogP contribution in [0.5, 0.6) is 11.5 Å². The Labute approximate surface area is 554 Å². The van der Waals surface area contributed by atoms with Crippen LogP contribution in [0.15, 0.2) is 66.7 Å². The van der Waals surface area contributed by atoms with Gasteiger partial charge >= 0.3 is 0 Å². The lowest BCUT2D eigenvalue weighted by Gasteiger charge is -2.40. The molecule has 5 aliphatic rings. The molecule has 29 nitrogen and oxygen atoms in total. The highest BCUT2D eigenvalue weighted by atomic mass is 32.1. The predicted octanol–water partition coefficient (Wildman–Crippen LogP) is -2.29. The summed E-state index contributed by atoms with van der Waals surface area (Å²) >= 11 is 1.35. The summed E-state index contributed by atoms with van der Waals surface area (Å²) in [7, 11) is 1.27. The fourth-order valence-corrected chi connectivity index (χ4v) is 14.0. The maximum atomic E-state index is 15.0. The molecule has 30 heteroatoms. The Bertz CT molecular complexity index is 3270. The van der Waals surface area contributed by atoms with Crippen molar-refractivity contribution in [3.05, 3.63) is 77.9 Å².